The van der Waals surface area contributed by atoms with E-state index in [2.05, 4.69) is 10.2 Å². The summed E-state index contributed by atoms with van der Waals surface area (Å²) in [5.74, 6) is 0.559. The summed E-state index contributed by atoms with van der Waals surface area (Å²) in [4.78, 5) is 30.2. The lowest BCUT2D eigenvalue weighted by atomic mass is 9.93. The van der Waals surface area contributed by atoms with Crippen LogP contribution < -0.4 is 10.1 Å². The number of carbonyl (C=O) groups excluding carboxylic acids is 2. The summed E-state index contributed by atoms with van der Waals surface area (Å²) in [5.41, 5.74) is 3.20. The van der Waals surface area contributed by atoms with Crippen LogP contribution in [-0.4, -0.2) is 55.4 Å². The third-order valence-corrected chi connectivity index (χ3v) is 6.14. The summed E-state index contributed by atoms with van der Waals surface area (Å²) in [5, 5.41) is 3.09. The minimum absolute atomic E-state index is 0.0232. The lowest BCUT2D eigenvalue weighted by Crippen LogP contribution is -2.53. The zero-order valence-electron chi connectivity index (χ0n) is 19.2. The van der Waals surface area contributed by atoms with E-state index in [1.54, 1.807) is 24.1 Å². The molecule has 0 bridgehead atoms. The first-order valence-corrected chi connectivity index (χ1v) is 11.0. The molecule has 7 nitrogen and oxygen atoms in total. The van der Waals surface area contributed by atoms with Gasteiger partial charge in [0.25, 0.3) is 5.91 Å². The number of rotatable bonds is 7. The van der Waals surface area contributed by atoms with Gasteiger partial charge in [-0.05, 0) is 55.1 Å². The molecule has 0 saturated carbocycles. The summed E-state index contributed by atoms with van der Waals surface area (Å²) >= 11 is 0. The van der Waals surface area contributed by atoms with Gasteiger partial charge in [0.2, 0.25) is 5.91 Å². The van der Waals surface area contributed by atoms with Crippen molar-refractivity contribution in [1.82, 2.24) is 15.1 Å². The van der Waals surface area contributed by atoms with Crippen LogP contribution in [0.25, 0.3) is 0 Å². The lowest BCUT2D eigenvalue weighted by Gasteiger charge is -2.36. The number of likely N-dealkylation sites (N-methyl/N-ethyl adjacent to an activating group) is 1. The smallest absolute Gasteiger partial charge is 0.290 e. The van der Waals surface area contributed by atoms with Gasteiger partial charge in [-0.1, -0.05) is 36.4 Å². The van der Waals surface area contributed by atoms with Crippen LogP contribution in [0.2, 0.25) is 0 Å². The number of fused-ring (bicyclic) bond motifs is 1. The van der Waals surface area contributed by atoms with Crippen molar-refractivity contribution in [2.45, 2.75) is 25.0 Å². The van der Waals surface area contributed by atoms with Crippen LogP contribution in [0.4, 0.5) is 0 Å². The maximum absolute atomic E-state index is 13.4. The molecule has 1 aromatic heterocycles. The molecule has 3 aromatic rings. The highest BCUT2D eigenvalue weighted by molar-refractivity contribution is 5.96. The van der Waals surface area contributed by atoms with Crippen molar-refractivity contribution in [3.8, 4) is 5.75 Å². The molecule has 2 heterocycles. The molecule has 0 saturated heterocycles. The Morgan fingerprint density at radius 3 is 2.45 bits per heavy atom. The summed E-state index contributed by atoms with van der Waals surface area (Å²) in [6, 6.07) is 18.4. The van der Waals surface area contributed by atoms with Crippen molar-refractivity contribution in [2.75, 3.05) is 27.7 Å². The molecule has 2 unspecified atom stereocenters. The Morgan fingerprint density at radius 1 is 1.09 bits per heavy atom. The molecule has 0 radical (unpaired) electrons. The number of carbonyl (C=O) groups is 2. The van der Waals surface area contributed by atoms with Gasteiger partial charge >= 0.3 is 0 Å². The predicted molar refractivity (Wildman–Crippen MR) is 125 cm³/mol. The minimum Gasteiger partial charge on any atom is -0.497 e. The van der Waals surface area contributed by atoms with Gasteiger partial charge in [-0.2, -0.15) is 0 Å². The standard InChI is InChI=1S/C26H29N3O4/c1-28(2)23(18-10-12-21(32-3)13-11-18)16-27-25(30)22-15-19-7-4-5-8-20(19)17-29(22)26(31)24-9-6-14-33-24/h4-14,22-23H,15-17H2,1-3H3,(H,27,30). The van der Waals surface area contributed by atoms with E-state index in [4.69, 9.17) is 9.15 Å². The Labute approximate surface area is 193 Å². The molecular formula is C26H29N3O4. The van der Waals surface area contributed by atoms with Gasteiger partial charge in [-0.15, -0.1) is 0 Å². The molecule has 0 fully saturated rings. The van der Waals surface area contributed by atoms with Gasteiger partial charge in [0.15, 0.2) is 5.76 Å². The van der Waals surface area contributed by atoms with E-state index >= 15 is 0 Å². The highest BCUT2D eigenvalue weighted by atomic mass is 16.5. The topological polar surface area (TPSA) is 75.0 Å². The van der Waals surface area contributed by atoms with Gasteiger partial charge < -0.3 is 24.3 Å². The average molecular weight is 448 g/mol. The van der Waals surface area contributed by atoms with E-state index in [-0.39, 0.29) is 23.6 Å². The number of benzene rings is 2. The number of furan rings is 1. The minimum atomic E-state index is -0.615. The number of hydrogen-bond donors (Lipinski definition) is 1. The zero-order chi connectivity index (χ0) is 23.4. The van der Waals surface area contributed by atoms with Gasteiger partial charge in [-0.25, -0.2) is 0 Å². The Hall–Kier alpha value is -3.58. The number of methoxy groups -OCH3 is 1. The van der Waals surface area contributed by atoms with Crippen LogP contribution in [0.3, 0.4) is 0 Å². The number of amides is 2. The normalized spacial score (nSPS) is 16.2. The Kier molecular flexibility index (Phi) is 6.79. The summed E-state index contributed by atoms with van der Waals surface area (Å²) in [7, 11) is 5.59. The van der Waals surface area contributed by atoms with E-state index in [1.165, 1.54) is 6.26 Å². The number of hydrogen-bond acceptors (Lipinski definition) is 5. The third kappa shape index (κ3) is 4.93. The predicted octanol–water partition coefficient (Wildman–Crippen LogP) is 3.27. The lowest BCUT2D eigenvalue weighted by molar-refractivity contribution is -0.126. The first kappa shape index (κ1) is 22.6. The summed E-state index contributed by atoms with van der Waals surface area (Å²) in [6.07, 6.45) is 1.93. The van der Waals surface area contributed by atoms with E-state index in [1.807, 2.05) is 62.6 Å². The number of nitrogens with zero attached hydrogens (tertiary/aromatic N) is 2. The molecule has 1 N–H and O–H groups in total. The van der Waals surface area contributed by atoms with Crippen LogP contribution in [0.1, 0.15) is 33.3 Å². The van der Waals surface area contributed by atoms with Gasteiger partial charge in [0.05, 0.1) is 19.4 Å². The van der Waals surface area contributed by atoms with Gasteiger partial charge in [0, 0.05) is 19.5 Å². The second-order valence-electron chi connectivity index (χ2n) is 8.40. The Bertz CT molecular complexity index is 1090. The molecule has 2 aromatic carbocycles. The highest BCUT2D eigenvalue weighted by Crippen LogP contribution is 2.26. The van der Waals surface area contributed by atoms with Crippen molar-refractivity contribution in [3.05, 3.63) is 89.4 Å². The molecule has 172 valence electrons. The molecule has 7 heteroatoms. The first-order chi connectivity index (χ1) is 16.0. The quantitative estimate of drug-likeness (QED) is 0.602. The van der Waals surface area contributed by atoms with Crippen LogP contribution >= 0.6 is 0 Å². The third-order valence-electron chi connectivity index (χ3n) is 6.14. The van der Waals surface area contributed by atoms with E-state index in [0.717, 1.165) is 22.4 Å². The fourth-order valence-electron chi connectivity index (χ4n) is 4.25. The van der Waals surface area contributed by atoms with Crippen molar-refractivity contribution in [2.24, 2.45) is 0 Å². The maximum atomic E-state index is 13.4. The van der Waals surface area contributed by atoms with E-state index < -0.39 is 6.04 Å². The molecule has 4 rings (SSSR count). The van der Waals surface area contributed by atoms with E-state index in [9.17, 15) is 9.59 Å². The number of nitrogens with one attached hydrogen (secondary N) is 1. The molecule has 1 aliphatic rings. The van der Waals surface area contributed by atoms with E-state index in [0.29, 0.717) is 19.5 Å². The summed E-state index contributed by atoms with van der Waals surface area (Å²) in [6.45, 7) is 0.780. The Balaban J connectivity index is 1.53. The largest absolute Gasteiger partial charge is 0.497 e. The van der Waals surface area contributed by atoms with Crippen LogP contribution in [-0.2, 0) is 17.8 Å². The van der Waals surface area contributed by atoms with Crippen molar-refractivity contribution < 1.29 is 18.7 Å². The molecule has 33 heavy (non-hydrogen) atoms. The monoisotopic (exact) mass is 447 g/mol. The molecule has 2 atom stereocenters. The van der Waals surface area contributed by atoms with Crippen molar-refractivity contribution in [3.63, 3.8) is 0 Å². The molecule has 1 aliphatic heterocycles. The van der Waals surface area contributed by atoms with Gasteiger partial charge in [-0.3, -0.25) is 9.59 Å². The zero-order valence-corrected chi connectivity index (χ0v) is 19.2. The second kappa shape index (κ2) is 9.92. The fourth-order valence-corrected chi connectivity index (χ4v) is 4.25. The Morgan fingerprint density at radius 2 is 1.82 bits per heavy atom. The van der Waals surface area contributed by atoms with Crippen LogP contribution in [0, 0.1) is 0 Å². The van der Waals surface area contributed by atoms with Crippen molar-refractivity contribution in [1.29, 1.82) is 0 Å². The molecular weight excluding hydrogens is 418 g/mol. The van der Waals surface area contributed by atoms with Crippen LogP contribution in [0.15, 0.2) is 71.3 Å². The molecule has 0 aliphatic carbocycles. The first-order valence-electron chi connectivity index (χ1n) is 11.0. The SMILES string of the molecule is COc1ccc(C(CNC(=O)C2Cc3ccccc3CN2C(=O)c2ccco2)N(C)C)cc1. The molecule has 0 spiro atoms. The maximum Gasteiger partial charge on any atom is 0.290 e. The number of ether oxygens (including phenoxy) is 1. The summed E-state index contributed by atoms with van der Waals surface area (Å²) < 4.78 is 10.6. The van der Waals surface area contributed by atoms with Crippen LogP contribution in [0.5, 0.6) is 5.75 Å². The van der Waals surface area contributed by atoms with Crippen molar-refractivity contribution >= 4 is 11.8 Å². The van der Waals surface area contributed by atoms with Gasteiger partial charge in [0.1, 0.15) is 11.8 Å². The highest BCUT2D eigenvalue weighted by Gasteiger charge is 2.36. The second-order valence-corrected chi connectivity index (χ2v) is 8.40. The average Bonchev–Trinajstić information content (AvgIpc) is 3.38. The fraction of sp³-hybridized carbons (Fsp3) is 0.308. The molecule has 2 amide bonds.